The number of ether oxygens (including phenoxy) is 1. The first kappa shape index (κ1) is 13.9. The average Bonchev–Trinajstić information content (AvgIpc) is 2.89. The zero-order valence-corrected chi connectivity index (χ0v) is 11.8. The number of nitrogens with one attached hydrogen (secondary N) is 1. The largest absolute Gasteiger partial charge is 0.479 e. The Labute approximate surface area is 125 Å². The normalized spacial score (nSPS) is 18.9. The molecule has 2 N–H and O–H groups in total. The number of hydrogen-bond acceptors (Lipinski definition) is 3. The van der Waals surface area contributed by atoms with Crippen molar-refractivity contribution in [3.63, 3.8) is 0 Å². The first-order chi connectivity index (χ1) is 10.0. The van der Waals surface area contributed by atoms with Gasteiger partial charge in [0.1, 0.15) is 5.69 Å². The van der Waals surface area contributed by atoms with Crippen molar-refractivity contribution >= 4 is 34.4 Å². The van der Waals surface area contributed by atoms with E-state index in [1.165, 1.54) is 4.90 Å². The van der Waals surface area contributed by atoms with Gasteiger partial charge >= 0.3 is 5.97 Å². The van der Waals surface area contributed by atoms with Gasteiger partial charge in [0, 0.05) is 22.5 Å². The van der Waals surface area contributed by atoms with E-state index in [4.69, 9.17) is 21.4 Å². The summed E-state index contributed by atoms with van der Waals surface area (Å²) >= 11 is 5.91. The highest BCUT2D eigenvalue weighted by Gasteiger charge is 2.30. The maximum absolute atomic E-state index is 12.4. The maximum atomic E-state index is 12.4. The Balaban J connectivity index is 1.84. The molecule has 0 saturated carbocycles. The fourth-order valence-corrected chi connectivity index (χ4v) is 2.54. The lowest BCUT2D eigenvalue weighted by atomic mass is 10.2. The van der Waals surface area contributed by atoms with Gasteiger partial charge in [-0.3, -0.25) is 4.79 Å². The molecule has 21 heavy (non-hydrogen) atoms. The van der Waals surface area contributed by atoms with Crippen LogP contribution in [-0.4, -0.2) is 52.7 Å². The summed E-state index contributed by atoms with van der Waals surface area (Å²) in [6.45, 7) is 0.637. The number of benzene rings is 1. The number of carbonyl (C=O) groups is 2. The molecule has 1 atom stereocenters. The number of amides is 1. The van der Waals surface area contributed by atoms with Crippen LogP contribution in [0.15, 0.2) is 24.3 Å². The molecule has 1 saturated heterocycles. The molecule has 2 aromatic rings. The molecule has 6 nitrogen and oxygen atoms in total. The summed E-state index contributed by atoms with van der Waals surface area (Å²) in [5, 5.41) is 10.4. The maximum Gasteiger partial charge on any atom is 0.334 e. The topological polar surface area (TPSA) is 82.6 Å². The van der Waals surface area contributed by atoms with Crippen molar-refractivity contribution < 1.29 is 19.4 Å². The number of halogens is 1. The van der Waals surface area contributed by atoms with Crippen LogP contribution in [0.3, 0.4) is 0 Å². The average molecular weight is 309 g/mol. The number of aromatic amines is 1. The number of hydrogen-bond donors (Lipinski definition) is 2. The molecular weight excluding hydrogens is 296 g/mol. The Bertz CT molecular complexity index is 712. The molecule has 1 amide bonds. The lowest BCUT2D eigenvalue weighted by Crippen LogP contribution is -2.48. The molecule has 0 bridgehead atoms. The van der Waals surface area contributed by atoms with Crippen molar-refractivity contribution in [1.82, 2.24) is 9.88 Å². The highest BCUT2D eigenvalue weighted by atomic mass is 35.5. The van der Waals surface area contributed by atoms with Crippen molar-refractivity contribution in [2.45, 2.75) is 6.10 Å². The van der Waals surface area contributed by atoms with Gasteiger partial charge in [0.25, 0.3) is 5.91 Å². The first-order valence-electron chi connectivity index (χ1n) is 6.46. The van der Waals surface area contributed by atoms with Crippen LogP contribution < -0.4 is 0 Å². The van der Waals surface area contributed by atoms with Crippen LogP contribution in [-0.2, 0) is 9.53 Å². The summed E-state index contributed by atoms with van der Waals surface area (Å²) in [4.78, 5) is 27.9. The van der Waals surface area contributed by atoms with E-state index in [2.05, 4.69) is 4.98 Å². The minimum absolute atomic E-state index is 0.0459. The molecule has 1 aliphatic heterocycles. The molecule has 2 heterocycles. The Morgan fingerprint density at radius 3 is 2.95 bits per heavy atom. The Hall–Kier alpha value is -2.05. The minimum Gasteiger partial charge on any atom is -0.479 e. The SMILES string of the molecule is O=C(O)[C@H]1CN(C(=O)c2cc3ccc(Cl)cc3[nH]2)CCO1. The lowest BCUT2D eigenvalue weighted by molar-refractivity contribution is -0.154. The summed E-state index contributed by atoms with van der Waals surface area (Å²) in [7, 11) is 0. The van der Waals surface area contributed by atoms with Gasteiger partial charge in [0.15, 0.2) is 6.10 Å². The third-order valence-electron chi connectivity index (χ3n) is 3.44. The highest BCUT2D eigenvalue weighted by Crippen LogP contribution is 2.21. The Morgan fingerprint density at radius 1 is 1.38 bits per heavy atom. The molecule has 3 rings (SSSR count). The molecule has 0 spiro atoms. The fourth-order valence-electron chi connectivity index (χ4n) is 2.37. The van der Waals surface area contributed by atoms with Gasteiger partial charge in [-0.25, -0.2) is 4.79 Å². The molecule has 1 aliphatic rings. The number of rotatable bonds is 2. The van der Waals surface area contributed by atoms with Crippen LogP contribution in [0.1, 0.15) is 10.5 Å². The van der Waals surface area contributed by atoms with Crippen LogP contribution >= 0.6 is 11.6 Å². The summed E-state index contributed by atoms with van der Waals surface area (Å²) in [5.74, 6) is -1.30. The second-order valence-corrected chi connectivity index (χ2v) is 5.30. The van der Waals surface area contributed by atoms with E-state index in [9.17, 15) is 9.59 Å². The molecule has 110 valence electrons. The van der Waals surface area contributed by atoms with Crippen LogP contribution in [0.5, 0.6) is 0 Å². The predicted octanol–water partition coefficient (Wildman–Crippen LogP) is 1.75. The predicted molar refractivity (Wildman–Crippen MR) is 76.6 cm³/mol. The van der Waals surface area contributed by atoms with Gasteiger partial charge in [-0.15, -0.1) is 0 Å². The van der Waals surface area contributed by atoms with Gasteiger partial charge in [0.2, 0.25) is 0 Å². The number of aromatic nitrogens is 1. The number of nitrogens with zero attached hydrogens (tertiary/aromatic N) is 1. The molecule has 0 radical (unpaired) electrons. The second-order valence-electron chi connectivity index (χ2n) is 4.86. The number of H-pyrrole nitrogens is 1. The molecule has 0 aliphatic carbocycles. The quantitative estimate of drug-likeness (QED) is 0.885. The van der Waals surface area contributed by atoms with E-state index in [0.717, 1.165) is 10.9 Å². The number of morpholine rings is 1. The summed E-state index contributed by atoms with van der Waals surface area (Å²) in [6, 6.07) is 7.05. The van der Waals surface area contributed by atoms with E-state index >= 15 is 0 Å². The number of aliphatic carboxylic acids is 1. The van der Waals surface area contributed by atoms with Crippen molar-refractivity contribution in [1.29, 1.82) is 0 Å². The van der Waals surface area contributed by atoms with Gasteiger partial charge in [-0.2, -0.15) is 0 Å². The van der Waals surface area contributed by atoms with Crippen LogP contribution in [0.2, 0.25) is 5.02 Å². The number of carbonyl (C=O) groups excluding carboxylic acids is 1. The first-order valence-corrected chi connectivity index (χ1v) is 6.84. The highest BCUT2D eigenvalue weighted by molar-refractivity contribution is 6.31. The van der Waals surface area contributed by atoms with Crippen molar-refractivity contribution in [2.24, 2.45) is 0 Å². The monoisotopic (exact) mass is 308 g/mol. The van der Waals surface area contributed by atoms with Gasteiger partial charge in [0.05, 0.1) is 13.2 Å². The lowest BCUT2D eigenvalue weighted by Gasteiger charge is -2.30. The summed E-state index contributed by atoms with van der Waals surface area (Å²) in [5.41, 5.74) is 1.19. The molecule has 1 aromatic heterocycles. The van der Waals surface area contributed by atoms with E-state index in [0.29, 0.717) is 17.3 Å². The van der Waals surface area contributed by atoms with Crippen LogP contribution in [0.4, 0.5) is 0 Å². The number of carboxylic acid groups (broad SMARTS) is 1. The zero-order valence-electron chi connectivity index (χ0n) is 11.0. The van der Waals surface area contributed by atoms with E-state index in [-0.39, 0.29) is 19.1 Å². The van der Waals surface area contributed by atoms with Crippen molar-refractivity contribution in [2.75, 3.05) is 19.7 Å². The number of carboxylic acids is 1. The van der Waals surface area contributed by atoms with Gasteiger partial charge in [-0.05, 0) is 18.2 Å². The van der Waals surface area contributed by atoms with Gasteiger partial charge < -0.3 is 19.7 Å². The second kappa shape index (κ2) is 5.38. The van der Waals surface area contributed by atoms with Crippen LogP contribution in [0, 0.1) is 0 Å². The van der Waals surface area contributed by atoms with Crippen molar-refractivity contribution in [3.05, 3.63) is 35.0 Å². The minimum atomic E-state index is -1.06. The molecule has 1 fully saturated rings. The fraction of sp³-hybridized carbons (Fsp3) is 0.286. The van der Waals surface area contributed by atoms with E-state index in [1.54, 1.807) is 18.2 Å². The summed E-state index contributed by atoms with van der Waals surface area (Å²) < 4.78 is 5.11. The zero-order chi connectivity index (χ0) is 15.0. The van der Waals surface area contributed by atoms with Crippen molar-refractivity contribution in [3.8, 4) is 0 Å². The smallest absolute Gasteiger partial charge is 0.334 e. The van der Waals surface area contributed by atoms with Gasteiger partial charge in [-0.1, -0.05) is 17.7 Å². The standard InChI is InChI=1S/C14H13ClN2O4/c15-9-2-1-8-5-11(16-10(8)6-9)13(18)17-3-4-21-12(7-17)14(19)20/h1-2,5-6,12,16H,3-4,7H2,(H,19,20)/t12-/m1/s1. The van der Waals surface area contributed by atoms with E-state index < -0.39 is 12.1 Å². The molecular formula is C14H13ClN2O4. The Kier molecular flexibility index (Phi) is 3.57. The number of fused-ring (bicyclic) bond motifs is 1. The molecule has 0 unspecified atom stereocenters. The third-order valence-corrected chi connectivity index (χ3v) is 3.68. The molecule has 1 aromatic carbocycles. The Morgan fingerprint density at radius 2 is 2.19 bits per heavy atom. The van der Waals surface area contributed by atoms with E-state index in [1.807, 2.05) is 6.07 Å². The molecule has 7 heteroatoms. The summed E-state index contributed by atoms with van der Waals surface area (Å²) in [6.07, 6.45) is -0.971. The van der Waals surface area contributed by atoms with Crippen LogP contribution in [0.25, 0.3) is 10.9 Å². The third kappa shape index (κ3) is 2.72.